The van der Waals surface area contributed by atoms with Gasteiger partial charge in [-0.25, -0.2) is 0 Å². The Bertz CT molecular complexity index is 1080. The number of amides is 6. The lowest BCUT2D eigenvalue weighted by atomic mass is 10.3. The lowest BCUT2D eigenvalue weighted by molar-refractivity contribution is -0.120. The molecular weight excluding hydrogens is 552 g/mol. The molecular formula is C24H36N12O6. The van der Waals surface area contributed by atoms with Gasteiger partial charge in [0.2, 0.25) is 53.3 Å². The molecule has 1 rings (SSSR count). The first-order valence-electron chi connectivity index (χ1n) is 12.3. The van der Waals surface area contributed by atoms with Crippen LogP contribution >= 0.6 is 0 Å². The number of nitrogens with zero attached hydrogens (tertiary/aromatic N) is 6. The Morgan fingerprint density at radius 1 is 0.595 bits per heavy atom. The van der Waals surface area contributed by atoms with Crippen molar-refractivity contribution in [1.29, 1.82) is 0 Å². The smallest absolute Gasteiger partial charge is 0.244 e. The van der Waals surface area contributed by atoms with Gasteiger partial charge in [-0.1, -0.05) is 19.7 Å². The number of nitrogens with two attached hydrogens (primary N) is 3. The van der Waals surface area contributed by atoms with Crippen molar-refractivity contribution in [2.45, 2.75) is 38.9 Å². The van der Waals surface area contributed by atoms with E-state index in [1.807, 2.05) is 0 Å². The van der Waals surface area contributed by atoms with Gasteiger partial charge in [0.05, 0.1) is 20.0 Å². The van der Waals surface area contributed by atoms with Crippen molar-refractivity contribution in [3.8, 4) is 0 Å². The number of hydrogen-bond acceptors (Lipinski definition) is 12. The molecule has 9 N–H and O–H groups in total. The second-order valence-electron chi connectivity index (χ2n) is 8.59. The van der Waals surface area contributed by atoms with E-state index in [-0.39, 0.29) is 37.9 Å². The zero-order valence-corrected chi connectivity index (χ0v) is 23.6. The molecule has 1 aromatic rings. The van der Waals surface area contributed by atoms with Crippen LogP contribution in [0.3, 0.4) is 0 Å². The lowest BCUT2D eigenvalue weighted by Crippen LogP contribution is -2.52. The summed E-state index contributed by atoms with van der Waals surface area (Å²) in [6, 6.07) is -3.37. The van der Waals surface area contributed by atoms with E-state index in [1.54, 1.807) is 0 Å². The molecule has 0 saturated carbocycles. The third-order valence-corrected chi connectivity index (χ3v) is 5.84. The Kier molecular flexibility index (Phi) is 13.0. The maximum atomic E-state index is 12.2. The molecule has 0 fully saturated rings. The van der Waals surface area contributed by atoms with Gasteiger partial charge in [0.1, 0.15) is 18.1 Å². The molecule has 1 heterocycles. The third kappa shape index (κ3) is 9.57. The summed E-state index contributed by atoms with van der Waals surface area (Å²) in [6.45, 7) is 13.3. The number of rotatable bonds is 18. The minimum Gasteiger partial charge on any atom is -0.368 e. The van der Waals surface area contributed by atoms with Gasteiger partial charge < -0.3 is 47.9 Å². The fraction of sp³-hybridized carbons (Fsp3) is 0.375. The maximum absolute atomic E-state index is 12.2. The zero-order valence-electron chi connectivity index (χ0n) is 23.6. The van der Waals surface area contributed by atoms with E-state index in [2.05, 4.69) is 50.6 Å². The Hall–Kier alpha value is -5.55. The summed E-state index contributed by atoms with van der Waals surface area (Å²) in [6.07, 6.45) is 2.98. The number of primary amides is 3. The molecule has 0 aliphatic carbocycles. The topological polar surface area (TPSA) is 265 Å². The molecule has 0 aliphatic rings. The average Bonchev–Trinajstić information content (AvgIpc) is 2.96. The van der Waals surface area contributed by atoms with Crippen LogP contribution in [0.25, 0.3) is 0 Å². The summed E-state index contributed by atoms with van der Waals surface area (Å²) in [5.41, 5.74) is 16.6. The van der Waals surface area contributed by atoms with Gasteiger partial charge in [0.15, 0.2) is 0 Å². The molecule has 0 saturated heterocycles. The highest BCUT2D eigenvalue weighted by atomic mass is 16.2. The molecule has 6 amide bonds. The first-order chi connectivity index (χ1) is 19.7. The SMILES string of the molecule is C=CC(=O)NCN(c1nc(N(CNC(=O)C=C)C(C)C(N)=O)nc(N(CNC(=O)C=C)C(C)C(N)=O)n1)C(C)C(N)=O. The van der Waals surface area contributed by atoms with Crippen LogP contribution in [0.15, 0.2) is 38.0 Å². The predicted molar refractivity (Wildman–Crippen MR) is 153 cm³/mol. The Balaban J connectivity index is 4.00. The van der Waals surface area contributed by atoms with Gasteiger partial charge in [0.25, 0.3) is 0 Å². The predicted octanol–water partition coefficient (Wildman–Crippen LogP) is -3.31. The molecule has 42 heavy (non-hydrogen) atoms. The molecule has 18 nitrogen and oxygen atoms in total. The second-order valence-corrected chi connectivity index (χ2v) is 8.59. The minimum atomic E-state index is -1.12. The zero-order chi connectivity index (χ0) is 32.1. The summed E-state index contributed by atoms with van der Waals surface area (Å²) in [4.78, 5) is 89.1. The standard InChI is InChI=1S/C24H36N12O6/c1-7-16(37)28-10-34(13(4)19(25)40)22-31-23(35(14(5)20(26)41)11-29-17(38)8-2)33-24(32-22)36(15(6)21(27)42)12-30-18(39)9-3/h7-9,13-15H,1-3,10-12H2,4-6H3,(H2,25,40)(H2,26,41)(H2,27,42)(H,28,37)(H,29,38)(H,30,39). The van der Waals surface area contributed by atoms with Crippen molar-refractivity contribution >= 4 is 53.3 Å². The van der Waals surface area contributed by atoms with Crippen molar-refractivity contribution in [3.05, 3.63) is 38.0 Å². The summed E-state index contributed by atoms with van der Waals surface area (Å²) in [5, 5.41) is 7.47. The number of aromatic nitrogens is 3. The van der Waals surface area contributed by atoms with Crippen molar-refractivity contribution in [2.24, 2.45) is 17.2 Å². The first kappa shape index (κ1) is 34.5. The quantitative estimate of drug-likeness (QED) is 0.0727. The van der Waals surface area contributed by atoms with E-state index in [4.69, 9.17) is 17.2 Å². The van der Waals surface area contributed by atoms with Crippen molar-refractivity contribution in [3.63, 3.8) is 0 Å². The van der Waals surface area contributed by atoms with E-state index in [1.165, 1.54) is 35.5 Å². The van der Waals surface area contributed by atoms with Gasteiger partial charge in [-0.05, 0) is 39.0 Å². The third-order valence-electron chi connectivity index (χ3n) is 5.84. The number of hydrogen-bond donors (Lipinski definition) is 6. The van der Waals surface area contributed by atoms with Gasteiger partial charge >= 0.3 is 0 Å². The number of carbonyl (C=O) groups excluding carboxylic acids is 6. The molecule has 1 aromatic heterocycles. The van der Waals surface area contributed by atoms with Crippen molar-refractivity contribution in [2.75, 3.05) is 34.7 Å². The molecule has 3 atom stereocenters. The number of carbonyl (C=O) groups is 6. The lowest BCUT2D eigenvalue weighted by Gasteiger charge is -2.33. The number of nitrogens with one attached hydrogen (secondary N) is 3. The van der Waals surface area contributed by atoms with Crippen LogP contribution in [-0.4, -0.2) is 88.5 Å². The Morgan fingerprint density at radius 2 is 0.810 bits per heavy atom. The molecule has 0 aliphatic heterocycles. The van der Waals surface area contributed by atoms with Crippen LogP contribution in [0, 0.1) is 0 Å². The van der Waals surface area contributed by atoms with E-state index in [0.29, 0.717) is 0 Å². The average molecular weight is 589 g/mol. The maximum Gasteiger partial charge on any atom is 0.244 e. The van der Waals surface area contributed by atoms with Crippen molar-refractivity contribution in [1.82, 2.24) is 30.9 Å². The normalized spacial score (nSPS) is 12.4. The highest BCUT2D eigenvalue weighted by molar-refractivity contribution is 5.89. The van der Waals surface area contributed by atoms with Gasteiger partial charge in [0, 0.05) is 0 Å². The van der Waals surface area contributed by atoms with E-state index in [0.717, 1.165) is 18.2 Å². The molecule has 0 bridgehead atoms. The van der Waals surface area contributed by atoms with Crippen LogP contribution in [0.5, 0.6) is 0 Å². The molecule has 228 valence electrons. The highest BCUT2D eigenvalue weighted by Crippen LogP contribution is 2.23. The summed E-state index contributed by atoms with van der Waals surface area (Å²) >= 11 is 0. The second kappa shape index (κ2) is 15.9. The van der Waals surface area contributed by atoms with E-state index in [9.17, 15) is 28.8 Å². The Morgan fingerprint density at radius 3 is 0.976 bits per heavy atom. The van der Waals surface area contributed by atoms with Gasteiger partial charge in [-0.15, -0.1) is 0 Å². The molecule has 0 radical (unpaired) electrons. The Labute approximate surface area is 242 Å². The number of anilines is 3. The van der Waals surface area contributed by atoms with E-state index >= 15 is 0 Å². The van der Waals surface area contributed by atoms with Crippen LogP contribution in [0.1, 0.15) is 20.8 Å². The highest BCUT2D eigenvalue weighted by Gasteiger charge is 2.30. The first-order valence-corrected chi connectivity index (χ1v) is 12.3. The molecule has 0 spiro atoms. The van der Waals surface area contributed by atoms with E-state index < -0.39 is 53.6 Å². The fourth-order valence-corrected chi connectivity index (χ4v) is 3.04. The fourth-order valence-electron chi connectivity index (χ4n) is 3.04. The van der Waals surface area contributed by atoms with Crippen LogP contribution < -0.4 is 47.9 Å². The summed E-state index contributed by atoms with van der Waals surface area (Å²) < 4.78 is 0. The molecule has 0 aromatic carbocycles. The van der Waals surface area contributed by atoms with Gasteiger partial charge in [-0.3, -0.25) is 28.8 Å². The monoisotopic (exact) mass is 588 g/mol. The summed E-state index contributed by atoms with van der Waals surface area (Å²) in [5.74, 6) is -5.07. The van der Waals surface area contributed by atoms with Crippen LogP contribution in [0.2, 0.25) is 0 Å². The van der Waals surface area contributed by atoms with Crippen LogP contribution in [0.4, 0.5) is 17.8 Å². The van der Waals surface area contributed by atoms with Crippen molar-refractivity contribution < 1.29 is 28.8 Å². The molecule has 18 heteroatoms. The molecule has 3 unspecified atom stereocenters. The minimum absolute atomic E-state index is 0.265. The van der Waals surface area contributed by atoms with Gasteiger partial charge in [-0.2, -0.15) is 15.0 Å². The largest absolute Gasteiger partial charge is 0.368 e. The van der Waals surface area contributed by atoms with Crippen LogP contribution in [-0.2, 0) is 28.8 Å². The summed E-state index contributed by atoms with van der Waals surface area (Å²) in [7, 11) is 0.